The number of para-hydroxylation sites is 2. The van der Waals surface area contributed by atoms with Gasteiger partial charge in [-0.1, -0.05) is 36.4 Å². The van der Waals surface area contributed by atoms with Gasteiger partial charge in [0.05, 0.1) is 24.6 Å². The molecule has 4 N–H and O–H groups in total. The number of amides is 5. The van der Waals surface area contributed by atoms with Gasteiger partial charge >= 0.3 is 0 Å². The van der Waals surface area contributed by atoms with Crippen molar-refractivity contribution in [3.05, 3.63) is 102 Å². The van der Waals surface area contributed by atoms with E-state index >= 15 is 0 Å². The number of halogens is 1. The maximum Gasteiger partial charge on any atom is 0.258 e. The SMILES string of the molecule is CN1CC(=O)N2CC(NC(=O)Cc3c[nH]c4ccccc34)CC2COc2ccc(F)cc2C(=O)N(C)C(C(=O)NCCc2c[nH]c3ccccc23)CCC1=O. The molecular formula is C41H44FN7O6. The predicted molar refractivity (Wildman–Crippen MR) is 204 cm³/mol. The van der Waals surface area contributed by atoms with Crippen molar-refractivity contribution in [2.45, 2.75) is 50.2 Å². The Morgan fingerprint density at radius 2 is 1.60 bits per heavy atom. The zero-order valence-electron chi connectivity index (χ0n) is 30.8. The van der Waals surface area contributed by atoms with Crippen LogP contribution < -0.4 is 15.4 Å². The van der Waals surface area contributed by atoms with Crippen molar-refractivity contribution < 1.29 is 33.1 Å². The molecule has 3 atom stereocenters. The number of likely N-dealkylation sites (N-methyl/N-ethyl adjacent to an activating group) is 2. The molecule has 13 nitrogen and oxygen atoms in total. The van der Waals surface area contributed by atoms with Crippen LogP contribution in [0.25, 0.3) is 21.8 Å². The number of H-pyrrole nitrogens is 2. The number of rotatable bonds is 7. The molecule has 5 amide bonds. The van der Waals surface area contributed by atoms with Crippen molar-refractivity contribution in [3.8, 4) is 5.75 Å². The van der Waals surface area contributed by atoms with Gasteiger partial charge in [-0.15, -0.1) is 0 Å². The lowest BCUT2D eigenvalue weighted by atomic mass is 10.1. The highest BCUT2D eigenvalue weighted by Gasteiger charge is 2.38. The lowest BCUT2D eigenvalue weighted by Gasteiger charge is -2.28. The second-order valence-corrected chi connectivity index (χ2v) is 14.3. The first-order valence-electron chi connectivity index (χ1n) is 18.5. The number of hydrogen-bond donors (Lipinski definition) is 4. The molecule has 2 aliphatic heterocycles. The number of fused-ring (bicyclic) bond motifs is 4. The van der Waals surface area contributed by atoms with Crippen LogP contribution in [0.3, 0.4) is 0 Å². The van der Waals surface area contributed by atoms with E-state index in [1.165, 1.54) is 36.0 Å². The largest absolute Gasteiger partial charge is 0.491 e. The van der Waals surface area contributed by atoms with Gasteiger partial charge in [0.1, 0.15) is 24.2 Å². The van der Waals surface area contributed by atoms with E-state index in [-0.39, 0.29) is 74.5 Å². The summed E-state index contributed by atoms with van der Waals surface area (Å²) < 4.78 is 20.9. The molecule has 0 saturated carbocycles. The first-order valence-corrected chi connectivity index (χ1v) is 18.5. The third-order valence-corrected chi connectivity index (χ3v) is 10.6. The molecule has 286 valence electrons. The zero-order chi connectivity index (χ0) is 38.6. The molecule has 7 rings (SSSR count). The number of carbonyl (C=O) groups excluding carboxylic acids is 5. The smallest absolute Gasteiger partial charge is 0.258 e. The number of aromatic amines is 2. The Bertz CT molecular complexity index is 2250. The van der Waals surface area contributed by atoms with Crippen LogP contribution in [0.4, 0.5) is 4.39 Å². The number of nitrogens with one attached hydrogen (secondary N) is 4. The maximum absolute atomic E-state index is 14.7. The maximum atomic E-state index is 14.7. The van der Waals surface area contributed by atoms with Gasteiger partial charge in [0.25, 0.3) is 5.91 Å². The van der Waals surface area contributed by atoms with Crippen molar-refractivity contribution in [2.75, 3.05) is 40.3 Å². The second-order valence-electron chi connectivity index (χ2n) is 14.3. The molecule has 55 heavy (non-hydrogen) atoms. The molecule has 0 spiro atoms. The van der Waals surface area contributed by atoms with Crippen molar-refractivity contribution in [1.82, 2.24) is 35.3 Å². The van der Waals surface area contributed by atoms with Gasteiger partial charge in [-0.3, -0.25) is 24.0 Å². The van der Waals surface area contributed by atoms with Gasteiger partial charge in [0.15, 0.2) is 0 Å². The van der Waals surface area contributed by atoms with E-state index in [2.05, 4.69) is 20.6 Å². The van der Waals surface area contributed by atoms with Gasteiger partial charge in [0, 0.05) is 73.8 Å². The van der Waals surface area contributed by atoms with Crippen molar-refractivity contribution in [1.29, 1.82) is 0 Å². The van der Waals surface area contributed by atoms with Crippen LogP contribution >= 0.6 is 0 Å². The minimum Gasteiger partial charge on any atom is -0.491 e. The molecule has 0 radical (unpaired) electrons. The normalized spacial score (nSPS) is 19.8. The summed E-state index contributed by atoms with van der Waals surface area (Å²) in [6.45, 7) is 0.166. The average molecular weight is 750 g/mol. The van der Waals surface area contributed by atoms with Crippen LogP contribution in [-0.2, 0) is 32.0 Å². The van der Waals surface area contributed by atoms with Crippen LogP contribution in [-0.4, -0.2) is 113 Å². The summed E-state index contributed by atoms with van der Waals surface area (Å²) in [6.07, 6.45) is 4.56. The van der Waals surface area contributed by atoms with Crippen molar-refractivity contribution in [3.63, 3.8) is 0 Å². The number of aromatic nitrogens is 2. The second kappa shape index (κ2) is 16.0. The van der Waals surface area contributed by atoms with E-state index in [9.17, 15) is 28.4 Å². The Morgan fingerprint density at radius 3 is 2.35 bits per heavy atom. The molecule has 0 bridgehead atoms. The number of nitrogens with zero attached hydrogens (tertiary/aromatic N) is 3. The third kappa shape index (κ3) is 8.17. The highest BCUT2D eigenvalue weighted by molar-refractivity contribution is 6.00. The van der Waals surface area contributed by atoms with Gasteiger partial charge in [0.2, 0.25) is 23.6 Å². The van der Waals surface area contributed by atoms with Crippen LogP contribution in [0, 0.1) is 5.82 Å². The Kier molecular flexibility index (Phi) is 10.8. The summed E-state index contributed by atoms with van der Waals surface area (Å²) in [7, 11) is 2.96. The monoisotopic (exact) mass is 749 g/mol. The summed E-state index contributed by atoms with van der Waals surface area (Å²) in [5, 5.41) is 7.97. The summed E-state index contributed by atoms with van der Waals surface area (Å²) in [5.74, 6) is -2.65. The fourth-order valence-electron chi connectivity index (χ4n) is 7.64. The van der Waals surface area contributed by atoms with Gasteiger partial charge in [-0.05, 0) is 60.7 Å². The topological polar surface area (TPSA) is 160 Å². The predicted octanol–water partition coefficient (Wildman–Crippen LogP) is 3.55. The molecule has 1 saturated heterocycles. The number of ether oxygens (including phenoxy) is 1. The molecule has 0 aliphatic carbocycles. The minimum absolute atomic E-state index is 0.0408. The summed E-state index contributed by atoms with van der Waals surface area (Å²) in [4.78, 5) is 78.7. The first-order chi connectivity index (χ1) is 26.5. The Balaban J connectivity index is 1.07. The number of hydrogen-bond acceptors (Lipinski definition) is 6. The van der Waals surface area contributed by atoms with E-state index in [1.807, 2.05) is 60.9 Å². The molecular weight excluding hydrogens is 705 g/mol. The summed E-state index contributed by atoms with van der Waals surface area (Å²) in [6, 6.07) is 17.1. The van der Waals surface area contributed by atoms with Gasteiger partial charge in [-0.2, -0.15) is 0 Å². The molecule has 3 aromatic carbocycles. The Morgan fingerprint density at radius 1 is 0.909 bits per heavy atom. The van der Waals surface area contributed by atoms with E-state index < -0.39 is 35.8 Å². The van der Waals surface area contributed by atoms with Crippen LogP contribution in [0.1, 0.15) is 40.7 Å². The summed E-state index contributed by atoms with van der Waals surface area (Å²) >= 11 is 0. The molecule has 5 aromatic rings. The van der Waals surface area contributed by atoms with E-state index in [0.29, 0.717) is 12.8 Å². The molecule has 3 unspecified atom stereocenters. The highest BCUT2D eigenvalue weighted by atomic mass is 19.1. The molecule has 4 heterocycles. The van der Waals surface area contributed by atoms with Crippen LogP contribution in [0.5, 0.6) is 5.75 Å². The van der Waals surface area contributed by atoms with Crippen LogP contribution in [0.15, 0.2) is 79.1 Å². The van der Waals surface area contributed by atoms with Crippen LogP contribution in [0.2, 0.25) is 0 Å². The Labute approximate surface area is 317 Å². The van der Waals surface area contributed by atoms with E-state index in [4.69, 9.17) is 4.74 Å². The molecule has 14 heteroatoms. The number of carbonyl (C=O) groups is 5. The van der Waals surface area contributed by atoms with Crippen molar-refractivity contribution in [2.24, 2.45) is 0 Å². The van der Waals surface area contributed by atoms with E-state index in [1.54, 1.807) is 4.90 Å². The first kappa shape index (κ1) is 37.1. The standard InChI is InChI=1S/C41H44FN7O6/c1-47-23-39(52)49-22-28(46-37(50)17-26-21-45-34-10-6-4-8-31(26)34)19-29(49)24-55-36-13-11-27(42)18-32(36)41(54)48(2)35(12-14-38(47)51)40(53)43-16-15-25-20-44-33-9-5-3-7-30(25)33/h3-11,13,18,20-21,28-29,35,44-45H,12,14-17,19,22-24H2,1-2H3,(H,43,53)(H,46,50). The van der Waals surface area contributed by atoms with Crippen molar-refractivity contribution >= 4 is 51.3 Å². The lowest BCUT2D eigenvalue weighted by molar-refractivity contribution is -0.140. The van der Waals surface area contributed by atoms with Gasteiger partial charge < -0.3 is 40.0 Å². The molecule has 2 aromatic heterocycles. The fraction of sp³-hybridized carbons (Fsp3) is 0.341. The highest BCUT2D eigenvalue weighted by Crippen LogP contribution is 2.27. The lowest BCUT2D eigenvalue weighted by Crippen LogP contribution is -2.49. The fourth-order valence-corrected chi connectivity index (χ4v) is 7.64. The third-order valence-electron chi connectivity index (χ3n) is 10.6. The van der Waals surface area contributed by atoms with Gasteiger partial charge in [-0.25, -0.2) is 4.39 Å². The number of benzene rings is 3. The summed E-state index contributed by atoms with van der Waals surface area (Å²) in [5.41, 5.74) is 3.68. The average Bonchev–Trinajstić information content (AvgIpc) is 3.90. The van der Waals surface area contributed by atoms with E-state index in [0.717, 1.165) is 39.0 Å². The molecule has 1 fully saturated rings. The zero-order valence-corrected chi connectivity index (χ0v) is 30.8. The molecule has 2 aliphatic rings. The quantitative estimate of drug-likeness (QED) is 0.199. The minimum atomic E-state index is -1.08. The Hall–Kier alpha value is -6.18.